The number of halogens is 1. The lowest BCUT2D eigenvalue weighted by Crippen LogP contribution is -2.32. The van der Waals surface area contributed by atoms with Gasteiger partial charge in [-0.1, -0.05) is 18.5 Å². The minimum absolute atomic E-state index is 0.0349. The van der Waals surface area contributed by atoms with E-state index in [1.165, 1.54) is 6.92 Å². The maximum absolute atomic E-state index is 12.2. The van der Waals surface area contributed by atoms with Gasteiger partial charge >= 0.3 is 0 Å². The largest absolute Gasteiger partial charge is 0.307 e. The van der Waals surface area contributed by atoms with Crippen molar-refractivity contribution in [3.63, 3.8) is 0 Å². The first-order valence-corrected chi connectivity index (χ1v) is 7.53. The summed E-state index contributed by atoms with van der Waals surface area (Å²) < 4.78 is 1.62. The Morgan fingerprint density at radius 3 is 2.82 bits per heavy atom. The van der Waals surface area contributed by atoms with Crippen molar-refractivity contribution in [2.24, 2.45) is 0 Å². The number of amides is 1. The molecule has 0 atom stereocenters. The molecule has 0 saturated heterocycles. The van der Waals surface area contributed by atoms with Crippen molar-refractivity contribution in [1.82, 2.24) is 9.78 Å². The average Bonchev–Trinajstić information content (AvgIpc) is 2.87. The maximum Gasteiger partial charge on any atom is 0.227 e. The molecule has 0 N–H and O–H groups in total. The Balaban J connectivity index is 2.13. The second-order valence-electron chi connectivity index (χ2n) is 5.40. The number of rotatable bonds is 3. The lowest BCUT2D eigenvalue weighted by Gasteiger charge is -2.28. The fraction of sp³-hybridized carbons (Fsp3) is 0.312. The van der Waals surface area contributed by atoms with Gasteiger partial charge in [-0.2, -0.15) is 5.10 Å². The first-order valence-electron chi connectivity index (χ1n) is 7.15. The lowest BCUT2D eigenvalue weighted by atomic mass is 10.00. The lowest BCUT2D eigenvalue weighted by molar-refractivity contribution is -0.119. The molecule has 2 aromatic rings. The van der Waals surface area contributed by atoms with Gasteiger partial charge in [0.1, 0.15) is 0 Å². The van der Waals surface area contributed by atoms with Crippen LogP contribution in [0.15, 0.2) is 24.4 Å². The van der Waals surface area contributed by atoms with Crippen LogP contribution in [0.2, 0.25) is 5.02 Å². The van der Waals surface area contributed by atoms with Gasteiger partial charge in [0, 0.05) is 28.8 Å². The number of aromatic nitrogens is 2. The summed E-state index contributed by atoms with van der Waals surface area (Å²) in [6.07, 6.45) is 2.26. The zero-order valence-electron chi connectivity index (χ0n) is 12.5. The molecule has 1 aliphatic rings. The monoisotopic (exact) mass is 317 g/mol. The number of benzene rings is 1. The SMILES string of the molecule is CCC(=O)N1Cc2cn(CC(C)=O)nc2-c2cc(Cl)ccc21. The Morgan fingerprint density at radius 2 is 2.14 bits per heavy atom. The quantitative estimate of drug-likeness (QED) is 0.874. The molecule has 114 valence electrons. The molecule has 1 amide bonds. The third kappa shape index (κ3) is 2.52. The van der Waals surface area contributed by atoms with E-state index in [1.807, 2.05) is 25.3 Å². The minimum Gasteiger partial charge on any atom is -0.307 e. The van der Waals surface area contributed by atoms with Crippen LogP contribution >= 0.6 is 11.6 Å². The van der Waals surface area contributed by atoms with E-state index in [9.17, 15) is 9.59 Å². The van der Waals surface area contributed by atoms with E-state index in [-0.39, 0.29) is 18.2 Å². The molecule has 0 fully saturated rings. The topological polar surface area (TPSA) is 55.2 Å². The fourth-order valence-electron chi connectivity index (χ4n) is 2.72. The highest BCUT2D eigenvalue weighted by molar-refractivity contribution is 6.31. The summed E-state index contributed by atoms with van der Waals surface area (Å²) in [5, 5.41) is 5.09. The van der Waals surface area contributed by atoms with Crippen molar-refractivity contribution in [3.05, 3.63) is 35.0 Å². The first kappa shape index (κ1) is 14.8. The average molecular weight is 318 g/mol. The number of hydrogen-bond donors (Lipinski definition) is 0. The van der Waals surface area contributed by atoms with Crippen LogP contribution in [0.5, 0.6) is 0 Å². The van der Waals surface area contributed by atoms with Crippen molar-refractivity contribution >= 4 is 29.0 Å². The van der Waals surface area contributed by atoms with E-state index in [2.05, 4.69) is 5.10 Å². The van der Waals surface area contributed by atoms with Crippen LogP contribution in [0.4, 0.5) is 5.69 Å². The number of carbonyl (C=O) groups excluding carboxylic acids is 2. The highest BCUT2D eigenvalue weighted by atomic mass is 35.5. The van der Waals surface area contributed by atoms with E-state index in [0.29, 0.717) is 18.0 Å². The smallest absolute Gasteiger partial charge is 0.227 e. The Hall–Kier alpha value is -2.14. The minimum atomic E-state index is 0.0349. The third-order valence-electron chi connectivity index (χ3n) is 3.66. The molecule has 22 heavy (non-hydrogen) atoms. The summed E-state index contributed by atoms with van der Waals surface area (Å²) >= 11 is 6.10. The Labute approximate surface area is 133 Å². The van der Waals surface area contributed by atoms with E-state index >= 15 is 0 Å². The third-order valence-corrected chi connectivity index (χ3v) is 3.89. The summed E-state index contributed by atoms with van der Waals surface area (Å²) in [6.45, 7) is 4.06. The Morgan fingerprint density at radius 1 is 1.36 bits per heavy atom. The number of Topliss-reactive ketones (excluding diaryl/α,β-unsaturated/α-hetero) is 1. The van der Waals surface area contributed by atoms with Gasteiger partial charge in [0.25, 0.3) is 0 Å². The summed E-state index contributed by atoms with van der Waals surface area (Å²) in [7, 11) is 0. The molecular weight excluding hydrogens is 302 g/mol. The second-order valence-corrected chi connectivity index (χ2v) is 5.83. The molecule has 0 unspecified atom stereocenters. The summed E-state index contributed by atoms with van der Waals surface area (Å²) in [5.41, 5.74) is 3.37. The zero-order valence-corrected chi connectivity index (χ0v) is 13.2. The summed E-state index contributed by atoms with van der Waals surface area (Å²) in [6, 6.07) is 5.43. The van der Waals surface area contributed by atoms with Gasteiger partial charge in [-0.3, -0.25) is 14.3 Å². The van der Waals surface area contributed by atoms with Crippen LogP contribution in [0.1, 0.15) is 25.8 Å². The molecule has 0 bridgehead atoms. The van der Waals surface area contributed by atoms with Crippen LogP contribution < -0.4 is 4.90 Å². The molecule has 2 heterocycles. The zero-order chi connectivity index (χ0) is 15.9. The number of anilines is 1. The predicted octanol–water partition coefficient (Wildman–Crippen LogP) is 3.05. The summed E-state index contributed by atoms with van der Waals surface area (Å²) in [4.78, 5) is 25.3. The van der Waals surface area contributed by atoms with Crippen molar-refractivity contribution < 1.29 is 9.59 Å². The van der Waals surface area contributed by atoms with Gasteiger partial charge in [-0.15, -0.1) is 0 Å². The first-order chi connectivity index (χ1) is 10.5. The van der Waals surface area contributed by atoms with Gasteiger partial charge < -0.3 is 4.90 Å². The van der Waals surface area contributed by atoms with Crippen LogP contribution in [-0.4, -0.2) is 21.5 Å². The van der Waals surface area contributed by atoms with Crippen LogP contribution in [0, 0.1) is 0 Å². The molecule has 5 nitrogen and oxygen atoms in total. The van der Waals surface area contributed by atoms with Crippen LogP contribution in [0.3, 0.4) is 0 Å². The Kier molecular flexibility index (Phi) is 3.74. The second kappa shape index (κ2) is 5.57. The number of ketones is 1. The van der Waals surface area contributed by atoms with Crippen molar-refractivity contribution in [1.29, 1.82) is 0 Å². The molecule has 0 aliphatic carbocycles. The number of nitrogens with zero attached hydrogens (tertiary/aromatic N) is 3. The highest BCUT2D eigenvalue weighted by Crippen LogP contribution is 2.39. The molecule has 0 spiro atoms. The standard InChI is InChI=1S/C16H16ClN3O2/c1-3-15(22)20-9-11-8-19(7-10(2)21)18-16(11)13-6-12(17)4-5-14(13)20/h4-6,8H,3,7,9H2,1-2H3. The van der Waals surface area contributed by atoms with E-state index < -0.39 is 0 Å². The van der Waals surface area contributed by atoms with Crippen molar-refractivity contribution in [2.45, 2.75) is 33.4 Å². The normalized spacial score (nSPS) is 12.8. The molecular formula is C16H16ClN3O2. The van der Waals surface area contributed by atoms with Gasteiger partial charge in [0.2, 0.25) is 5.91 Å². The van der Waals surface area contributed by atoms with Crippen LogP contribution in [-0.2, 0) is 22.7 Å². The Bertz CT molecular complexity index is 767. The molecule has 1 aromatic carbocycles. The maximum atomic E-state index is 12.2. The van der Waals surface area contributed by atoms with E-state index in [0.717, 1.165) is 22.5 Å². The number of fused-ring (bicyclic) bond motifs is 3. The molecule has 1 aromatic heterocycles. The van der Waals surface area contributed by atoms with Gasteiger partial charge in [0.05, 0.1) is 24.5 Å². The number of hydrogen-bond acceptors (Lipinski definition) is 3. The molecule has 0 radical (unpaired) electrons. The summed E-state index contributed by atoms with van der Waals surface area (Å²) in [5.74, 6) is 0.0844. The molecule has 3 rings (SSSR count). The van der Waals surface area contributed by atoms with E-state index in [4.69, 9.17) is 11.6 Å². The van der Waals surface area contributed by atoms with Gasteiger partial charge in [0.15, 0.2) is 5.78 Å². The molecule has 1 aliphatic heterocycles. The van der Waals surface area contributed by atoms with Crippen molar-refractivity contribution in [3.8, 4) is 11.3 Å². The molecule has 6 heteroatoms. The molecule has 0 saturated carbocycles. The van der Waals surface area contributed by atoms with Gasteiger partial charge in [-0.05, 0) is 25.1 Å². The highest BCUT2D eigenvalue weighted by Gasteiger charge is 2.28. The fourth-order valence-corrected chi connectivity index (χ4v) is 2.89. The van der Waals surface area contributed by atoms with E-state index in [1.54, 1.807) is 15.6 Å². The number of carbonyl (C=O) groups is 2. The predicted molar refractivity (Wildman–Crippen MR) is 84.8 cm³/mol. The van der Waals surface area contributed by atoms with Gasteiger partial charge in [-0.25, -0.2) is 0 Å². The van der Waals surface area contributed by atoms with Crippen LogP contribution in [0.25, 0.3) is 11.3 Å². The van der Waals surface area contributed by atoms with Crippen molar-refractivity contribution in [2.75, 3.05) is 4.90 Å².